The first-order chi connectivity index (χ1) is 13.9. The number of benzene rings is 3. The van der Waals surface area contributed by atoms with Gasteiger partial charge in [-0.15, -0.1) is 0 Å². The maximum Gasteiger partial charge on any atom is 0.0707 e. The molecular formula is C27H21N. The molecule has 0 spiro atoms. The van der Waals surface area contributed by atoms with Gasteiger partial charge in [-0.05, 0) is 64.4 Å². The molecule has 0 aliphatic heterocycles. The number of hydrogen-bond donors (Lipinski definition) is 0. The lowest BCUT2D eigenvalue weighted by Gasteiger charge is -2.13. The molecule has 0 saturated carbocycles. The van der Waals surface area contributed by atoms with Gasteiger partial charge in [-0.2, -0.15) is 0 Å². The van der Waals surface area contributed by atoms with E-state index in [2.05, 4.69) is 89.9 Å². The van der Waals surface area contributed by atoms with Crippen molar-refractivity contribution in [1.82, 2.24) is 4.98 Å². The Morgan fingerprint density at radius 2 is 1.14 bits per heavy atom. The second-order valence-corrected chi connectivity index (χ2v) is 7.17. The highest BCUT2D eigenvalue weighted by molar-refractivity contribution is 5.96. The normalized spacial score (nSPS) is 12.6. The predicted octanol–water partition coefficient (Wildman–Crippen LogP) is 6.44. The van der Waals surface area contributed by atoms with E-state index < -0.39 is 0 Å². The fourth-order valence-corrected chi connectivity index (χ4v) is 4.11. The predicted molar refractivity (Wildman–Crippen MR) is 117 cm³/mol. The fraction of sp³-hybridized carbons (Fsp3) is 0.0741. The number of hydrogen-bond acceptors (Lipinski definition) is 1. The molecule has 0 atom stereocenters. The molecule has 1 nitrogen and oxygen atoms in total. The third-order valence-corrected chi connectivity index (χ3v) is 5.48. The third kappa shape index (κ3) is 3.05. The quantitative estimate of drug-likeness (QED) is 0.401. The van der Waals surface area contributed by atoms with Crippen molar-refractivity contribution in [3.05, 3.63) is 125 Å². The first-order valence-electron chi connectivity index (χ1n) is 9.79. The monoisotopic (exact) mass is 359 g/mol. The molecule has 3 aromatic carbocycles. The second kappa shape index (κ2) is 7.28. The highest BCUT2D eigenvalue weighted by Crippen LogP contribution is 2.36. The zero-order chi connectivity index (χ0) is 18.8. The van der Waals surface area contributed by atoms with Crippen molar-refractivity contribution in [2.75, 3.05) is 0 Å². The average molecular weight is 359 g/mol. The van der Waals surface area contributed by atoms with E-state index in [-0.39, 0.29) is 0 Å². The Balaban J connectivity index is 1.76. The second-order valence-electron chi connectivity index (χ2n) is 7.17. The van der Waals surface area contributed by atoms with Crippen molar-refractivity contribution in [1.29, 1.82) is 0 Å². The van der Waals surface area contributed by atoms with Crippen LogP contribution in [0.4, 0.5) is 0 Å². The van der Waals surface area contributed by atoms with Gasteiger partial charge in [0.25, 0.3) is 0 Å². The largest absolute Gasteiger partial charge is 0.256 e. The third-order valence-electron chi connectivity index (χ3n) is 5.48. The maximum atomic E-state index is 4.58. The molecule has 1 heteroatoms. The van der Waals surface area contributed by atoms with Gasteiger partial charge >= 0.3 is 0 Å². The molecule has 28 heavy (non-hydrogen) atoms. The number of nitrogens with zero attached hydrogens (tertiary/aromatic N) is 1. The van der Waals surface area contributed by atoms with Crippen molar-refractivity contribution in [3.8, 4) is 11.3 Å². The number of fused-ring (bicyclic) bond motifs is 2. The van der Waals surface area contributed by atoms with Gasteiger partial charge in [0.1, 0.15) is 0 Å². The summed E-state index contributed by atoms with van der Waals surface area (Å²) in [6.45, 7) is 0. The summed E-state index contributed by atoms with van der Waals surface area (Å²) in [6.07, 6.45) is 6.35. The highest BCUT2D eigenvalue weighted by Gasteiger charge is 2.18. The van der Waals surface area contributed by atoms with Gasteiger partial charge < -0.3 is 0 Å². The molecule has 1 aromatic heterocycles. The molecule has 1 aliphatic rings. The zero-order valence-corrected chi connectivity index (χ0v) is 15.7. The molecular weight excluding hydrogens is 338 g/mol. The van der Waals surface area contributed by atoms with E-state index >= 15 is 0 Å². The van der Waals surface area contributed by atoms with Gasteiger partial charge in [-0.1, -0.05) is 78.9 Å². The molecule has 0 unspecified atom stereocenters. The zero-order valence-electron chi connectivity index (χ0n) is 15.7. The summed E-state index contributed by atoms with van der Waals surface area (Å²) < 4.78 is 0. The van der Waals surface area contributed by atoms with Gasteiger partial charge in [-0.25, -0.2) is 0 Å². The van der Waals surface area contributed by atoms with Gasteiger partial charge in [0.05, 0.1) is 5.69 Å². The summed E-state index contributed by atoms with van der Waals surface area (Å²) in [6, 6.07) is 32.2. The number of pyridine rings is 1. The van der Waals surface area contributed by atoms with Crippen LogP contribution in [0.5, 0.6) is 0 Å². The van der Waals surface area contributed by atoms with Crippen LogP contribution in [-0.2, 0) is 12.8 Å². The van der Waals surface area contributed by atoms with Crippen LogP contribution in [0.1, 0.15) is 27.8 Å². The molecule has 0 radical (unpaired) electrons. The Hall–Kier alpha value is -3.45. The van der Waals surface area contributed by atoms with E-state index in [1.807, 2.05) is 18.3 Å². The van der Waals surface area contributed by atoms with Crippen molar-refractivity contribution >= 4 is 11.6 Å². The number of aromatic nitrogens is 1. The Morgan fingerprint density at radius 3 is 1.79 bits per heavy atom. The molecule has 5 rings (SSSR count). The molecule has 1 aliphatic carbocycles. The van der Waals surface area contributed by atoms with E-state index in [1.54, 1.807) is 0 Å². The number of aryl methyl sites for hydroxylation is 2. The summed E-state index contributed by atoms with van der Waals surface area (Å²) in [7, 11) is 0. The molecule has 0 bridgehead atoms. The summed E-state index contributed by atoms with van der Waals surface area (Å²) >= 11 is 0. The summed E-state index contributed by atoms with van der Waals surface area (Å²) in [5.41, 5.74) is 10.2. The van der Waals surface area contributed by atoms with Crippen LogP contribution in [-0.4, -0.2) is 4.98 Å². The van der Waals surface area contributed by atoms with Crippen molar-refractivity contribution in [2.24, 2.45) is 0 Å². The van der Waals surface area contributed by atoms with Crippen molar-refractivity contribution in [2.45, 2.75) is 12.8 Å². The molecule has 0 amide bonds. The van der Waals surface area contributed by atoms with E-state index in [9.17, 15) is 0 Å². The lowest BCUT2D eigenvalue weighted by molar-refractivity contribution is 0.965. The first kappa shape index (κ1) is 16.7. The van der Waals surface area contributed by atoms with E-state index in [0.29, 0.717) is 0 Å². The minimum atomic E-state index is 1.00. The molecule has 1 heterocycles. The molecule has 134 valence electrons. The van der Waals surface area contributed by atoms with Crippen LogP contribution in [0.25, 0.3) is 22.9 Å². The van der Waals surface area contributed by atoms with Gasteiger partial charge in [-0.3, -0.25) is 4.98 Å². The van der Waals surface area contributed by atoms with E-state index in [4.69, 9.17) is 0 Å². The molecule has 0 N–H and O–H groups in total. The van der Waals surface area contributed by atoms with Crippen LogP contribution < -0.4 is 0 Å². The number of rotatable bonds is 2. The summed E-state index contributed by atoms with van der Waals surface area (Å²) in [4.78, 5) is 4.58. The van der Waals surface area contributed by atoms with Gasteiger partial charge in [0, 0.05) is 11.8 Å². The van der Waals surface area contributed by atoms with Crippen LogP contribution >= 0.6 is 0 Å². The summed E-state index contributed by atoms with van der Waals surface area (Å²) in [5.74, 6) is 0. The van der Waals surface area contributed by atoms with Crippen molar-refractivity contribution in [3.63, 3.8) is 0 Å². The average Bonchev–Trinajstić information content (AvgIpc) is 2.92. The van der Waals surface area contributed by atoms with Crippen LogP contribution in [0.15, 0.2) is 97.2 Å². The van der Waals surface area contributed by atoms with Crippen molar-refractivity contribution < 1.29 is 0 Å². The molecule has 0 saturated heterocycles. The minimum absolute atomic E-state index is 1.00. The smallest absolute Gasteiger partial charge is 0.0707 e. The molecule has 4 aromatic rings. The fourth-order valence-electron chi connectivity index (χ4n) is 4.11. The van der Waals surface area contributed by atoms with E-state index in [1.165, 1.54) is 33.4 Å². The first-order valence-corrected chi connectivity index (χ1v) is 9.79. The topological polar surface area (TPSA) is 12.9 Å². The Kier molecular flexibility index (Phi) is 4.34. The van der Waals surface area contributed by atoms with Gasteiger partial charge in [0.15, 0.2) is 0 Å². The van der Waals surface area contributed by atoms with E-state index in [0.717, 1.165) is 24.1 Å². The Labute approximate surface area is 166 Å². The Morgan fingerprint density at radius 1 is 0.571 bits per heavy atom. The summed E-state index contributed by atoms with van der Waals surface area (Å²) in [5, 5.41) is 0. The highest BCUT2D eigenvalue weighted by atomic mass is 14.7. The lowest BCUT2D eigenvalue weighted by Crippen LogP contribution is -1.93. The Bertz CT molecular complexity index is 1110. The maximum absolute atomic E-state index is 4.58. The lowest BCUT2D eigenvalue weighted by atomic mass is 9.91. The SMILES string of the molecule is C(=C1c2ccccc2CCc2ccccc21)c1ccccc1-c1ccccn1. The van der Waals surface area contributed by atoms with Crippen LogP contribution in [0.3, 0.4) is 0 Å². The van der Waals surface area contributed by atoms with Crippen LogP contribution in [0.2, 0.25) is 0 Å². The molecule has 0 fully saturated rings. The standard InChI is InChI=1S/C27H21N/c1-4-12-23-20(9-1)16-17-21-10-2-5-13-24(21)26(23)19-22-11-3-6-14-25(22)27-15-7-8-18-28-27/h1-15,18-19H,16-17H2. The van der Waals surface area contributed by atoms with Crippen LogP contribution in [0, 0.1) is 0 Å². The van der Waals surface area contributed by atoms with Gasteiger partial charge in [0.2, 0.25) is 0 Å². The minimum Gasteiger partial charge on any atom is -0.256 e.